The smallest absolute Gasteiger partial charge is 0.744 e. The van der Waals surface area contributed by atoms with Crippen molar-refractivity contribution in [3.05, 3.63) is 95.0 Å². The maximum atomic E-state index is 13.9. The van der Waals surface area contributed by atoms with Gasteiger partial charge in [-0.05, 0) is 101 Å². The van der Waals surface area contributed by atoms with Crippen LogP contribution in [0.3, 0.4) is 0 Å². The predicted molar refractivity (Wildman–Crippen MR) is 273 cm³/mol. The molecule has 1 atom stereocenters. The van der Waals surface area contributed by atoms with E-state index in [2.05, 4.69) is 83.2 Å². The van der Waals surface area contributed by atoms with E-state index in [-0.39, 0.29) is 150 Å². The van der Waals surface area contributed by atoms with Crippen LogP contribution in [-0.2, 0) is 59.2 Å². The third-order valence-electron chi connectivity index (χ3n) is 12.0. The Bertz CT molecular complexity index is 3100. The molecule has 0 aliphatic rings. The fourth-order valence-corrected chi connectivity index (χ4v) is 8.16. The van der Waals surface area contributed by atoms with Gasteiger partial charge < -0.3 is 35.6 Å². The number of hydrogen-bond donors (Lipinski definition) is 4. The molecule has 4 N–H and O–H groups in total. The van der Waals surface area contributed by atoms with Gasteiger partial charge in [0.15, 0.2) is 17.3 Å². The van der Waals surface area contributed by atoms with Crippen molar-refractivity contribution in [2.75, 3.05) is 16.0 Å². The Morgan fingerprint density at radius 3 is 2.05 bits per heavy atom. The number of amides is 3. The van der Waals surface area contributed by atoms with E-state index < -0.39 is 61.8 Å². The number of nitrogens with zero attached hydrogens (tertiary/aromatic N) is 2. The van der Waals surface area contributed by atoms with Crippen LogP contribution in [0, 0.1) is 5.41 Å². The number of ketones is 1. The molecule has 76 heavy (non-hydrogen) atoms. The van der Waals surface area contributed by atoms with Crippen LogP contribution in [0.1, 0.15) is 106 Å². The second-order valence-electron chi connectivity index (χ2n) is 19.3. The molecule has 5 rings (SSSR count). The Balaban J connectivity index is 0.00000760. The molecule has 0 saturated carbocycles. The first-order chi connectivity index (χ1) is 34.6. The van der Waals surface area contributed by atoms with Gasteiger partial charge in [0.05, 0.1) is 50.3 Å². The molecule has 25 heteroatoms. The Kier molecular flexibility index (Phi) is 24.0. The SMILES string of the molecule is CCC(C)(C)c1ccc(OOC(=O)CCC(=O)Nc2ccc(Cl)c(NC(=O)C(Oc3ccc(N=Nc4c(SOO[O-])cc5cc(S(=O)(=O)[O-])cc(NC(C)=O)c5c4O)cc3)C(=O)C(C)(C)C)c2)c(C(C)(C)CC)c1.[Na+].[Na+]. The van der Waals surface area contributed by atoms with Crippen molar-refractivity contribution in [1.82, 2.24) is 0 Å². The molecule has 1 unspecified atom stereocenters. The first kappa shape index (κ1) is 65.6. The fraction of sp³-hybridized carbons (Fsp3) is 0.353. The van der Waals surface area contributed by atoms with Gasteiger partial charge in [0, 0.05) is 35.4 Å². The van der Waals surface area contributed by atoms with Crippen molar-refractivity contribution in [2.24, 2.45) is 15.6 Å². The summed E-state index contributed by atoms with van der Waals surface area (Å²) in [4.78, 5) is 75.2. The van der Waals surface area contributed by atoms with Crippen LogP contribution in [0.15, 0.2) is 98.9 Å². The number of phenolic OH excluding ortho intramolecular Hbond substituents is 1. The number of rotatable bonds is 22. The van der Waals surface area contributed by atoms with Gasteiger partial charge in [0.1, 0.15) is 21.6 Å². The predicted octanol–water partition coefficient (Wildman–Crippen LogP) is 4.35. The molecule has 3 amide bonds. The third-order valence-corrected chi connectivity index (χ3v) is 13.7. The maximum absolute atomic E-state index is 13.9. The monoisotopic (exact) mass is 1120 g/mol. The zero-order chi connectivity index (χ0) is 54.9. The average Bonchev–Trinajstić information content (AvgIpc) is 3.33. The zero-order valence-corrected chi connectivity index (χ0v) is 50.6. The van der Waals surface area contributed by atoms with Gasteiger partial charge in [-0.15, -0.1) is 5.11 Å². The van der Waals surface area contributed by atoms with Gasteiger partial charge in [-0.1, -0.05) is 86.0 Å². The molecule has 5 aromatic rings. The van der Waals surface area contributed by atoms with Crippen LogP contribution in [0.2, 0.25) is 5.02 Å². The summed E-state index contributed by atoms with van der Waals surface area (Å²) in [6, 6.07) is 18.6. The number of fused-ring (bicyclic) bond motifs is 1. The molecule has 0 spiro atoms. The number of carbonyl (C=O) groups is 5. The molecule has 0 aliphatic heterocycles. The van der Waals surface area contributed by atoms with E-state index in [9.17, 15) is 47.3 Å². The number of carbonyl (C=O) groups excluding carboxylic acids is 5. The zero-order valence-electron chi connectivity index (χ0n) is 44.2. The minimum absolute atomic E-state index is 0. The Hall–Kier alpha value is -4.66. The second kappa shape index (κ2) is 27.8. The molecule has 20 nitrogen and oxygen atoms in total. The van der Waals surface area contributed by atoms with E-state index in [0.717, 1.165) is 43.0 Å². The van der Waals surface area contributed by atoms with E-state index in [0.29, 0.717) is 5.75 Å². The first-order valence-electron chi connectivity index (χ1n) is 22.9. The van der Waals surface area contributed by atoms with Gasteiger partial charge in [0.2, 0.25) is 17.9 Å². The number of aromatic hydroxyl groups is 1. The van der Waals surface area contributed by atoms with Crippen molar-refractivity contribution in [1.29, 1.82) is 0 Å². The van der Waals surface area contributed by atoms with Gasteiger partial charge in [0.25, 0.3) is 5.91 Å². The number of Topliss-reactive ketones (excluding diaryl/α,β-unsaturated/α-hetero) is 1. The molecule has 0 aliphatic carbocycles. The molecule has 396 valence electrons. The Labute approximate surface area is 494 Å². The van der Waals surface area contributed by atoms with Crippen molar-refractivity contribution in [2.45, 2.75) is 122 Å². The van der Waals surface area contributed by atoms with Crippen LogP contribution in [0.4, 0.5) is 28.4 Å². The van der Waals surface area contributed by atoms with E-state index in [1.165, 1.54) is 48.5 Å². The van der Waals surface area contributed by atoms with Crippen LogP contribution in [-0.4, -0.2) is 53.7 Å². The molecule has 0 fully saturated rings. The van der Waals surface area contributed by atoms with Gasteiger partial charge in [-0.25, -0.2) is 13.2 Å². The minimum Gasteiger partial charge on any atom is -0.744 e. The van der Waals surface area contributed by atoms with Gasteiger partial charge in [-0.2, -0.15) is 9.45 Å². The van der Waals surface area contributed by atoms with E-state index in [4.69, 9.17) is 26.1 Å². The largest absolute Gasteiger partial charge is 1.00 e. The Morgan fingerprint density at radius 2 is 1.46 bits per heavy atom. The fourth-order valence-electron chi connectivity index (χ4n) is 6.97. The summed E-state index contributed by atoms with van der Waals surface area (Å²) in [6.45, 7) is 18.5. The molecular formula is C51H56ClN5Na2O15S2. The second-order valence-corrected chi connectivity index (χ2v) is 21.8. The summed E-state index contributed by atoms with van der Waals surface area (Å²) in [5, 5.41) is 41.2. The van der Waals surface area contributed by atoms with Crippen LogP contribution >= 0.6 is 23.6 Å². The summed E-state index contributed by atoms with van der Waals surface area (Å²) in [5.74, 6) is -3.74. The summed E-state index contributed by atoms with van der Waals surface area (Å²) in [7, 11) is -5.04. The maximum Gasteiger partial charge on any atom is 1.00 e. The van der Waals surface area contributed by atoms with Crippen molar-refractivity contribution < 1.29 is 130 Å². The first-order valence-corrected chi connectivity index (χ1v) is 25.5. The number of anilines is 3. The van der Waals surface area contributed by atoms with Crippen LogP contribution < -0.4 is 89.9 Å². The third kappa shape index (κ3) is 17.4. The topological polar surface area (TPSA) is 293 Å². The minimum atomic E-state index is -5.04. The number of halogens is 1. The summed E-state index contributed by atoms with van der Waals surface area (Å²) >= 11 is 6.73. The standard InChI is InChI=1S/C51H58ClN5O15S2.2Na/c1-11-50(7,8)30-13-20-39(35(25-30)51(9,10)12-2)69-70-42(60)22-21-41(59)54-32-16-19-36(52)37(26-32)55-48(63)46(47(62)49(4,5)6)68-33-17-14-31(15-18-33)56-57-44-40(73-72-71-64)24-29-23-34(74(65,66)67)27-38(53-28(3)58)43(29)45(44)61;;/h13-20,23-27,46,61,64H,11-12,21-22H2,1-10H3,(H,53,58)(H,54,59)(H,55,63)(H,65,66,67);;/q;2*+1/p-2. The van der Waals surface area contributed by atoms with E-state index in [1.807, 2.05) is 6.07 Å². The van der Waals surface area contributed by atoms with E-state index in [1.54, 1.807) is 26.8 Å². The quantitative estimate of drug-likeness (QED) is 0.0143. The molecule has 0 heterocycles. The Morgan fingerprint density at radius 1 is 0.803 bits per heavy atom. The molecular weight excluding hydrogens is 1070 g/mol. The molecule has 0 aromatic heterocycles. The van der Waals surface area contributed by atoms with Crippen LogP contribution in [0.25, 0.3) is 10.8 Å². The van der Waals surface area contributed by atoms with Crippen LogP contribution in [0.5, 0.6) is 17.2 Å². The van der Waals surface area contributed by atoms with Crippen molar-refractivity contribution >= 4 is 102 Å². The number of azo groups is 1. The number of hydrogen-bond acceptors (Lipinski definition) is 18. The van der Waals surface area contributed by atoms with E-state index >= 15 is 0 Å². The number of nitrogens with one attached hydrogen (secondary N) is 3. The number of ether oxygens (including phenoxy) is 1. The van der Waals surface area contributed by atoms with Crippen molar-refractivity contribution in [3.8, 4) is 17.2 Å². The number of phenols is 1. The van der Waals surface area contributed by atoms with Gasteiger partial charge >= 0.3 is 65.1 Å². The average molecular weight is 1120 g/mol. The van der Waals surface area contributed by atoms with Gasteiger partial charge in [-0.3, -0.25) is 34.0 Å². The normalized spacial score (nSPS) is 12.2. The summed E-state index contributed by atoms with van der Waals surface area (Å²) in [6.07, 6.45) is -0.610. The molecule has 0 saturated heterocycles. The molecule has 5 aromatic carbocycles. The summed E-state index contributed by atoms with van der Waals surface area (Å²) < 4.78 is 46.1. The molecule has 0 radical (unpaired) electrons. The molecule has 0 bridgehead atoms. The number of benzene rings is 5. The van der Waals surface area contributed by atoms with Crippen molar-refractivity contribution in [3.63, 3.8) is 0 Å². The summed E-state index contributed by atoms with van der Waals surface area (Å²) in [5.41, 5.74) is 0.337.